The molecule has 4 nitrogen and oxygen atoms in total. The summed E-state index contributed by atoms with van der Waals surface area (Å²) in [4.78, 5) is 14.3. The van der Waals surface area contributed by atoms with Crippen molar-refractivity contribution in [1.29, 1.82) is 0 Å². The van der Waals surface area contributed by atoms with Gasteiger partial charge in [-0.1, -0.05) is 12.1 Å². The van der Waals surface area contributed by atoms with Crippen molar-refractivity contribution in [3.05, 3.63) is 29.8 Å². The minimum Gasteiger partial charge on any atom is -0.484 e. The normalized spacial score (nSPS) is 25.3. The highest BCUT2D eigenvalue weighted by Crippen LogP contribution is 2.27. The average Bonchev–Trinajstić information content (AvgIpc) is 2.83. The maximum atomic E-state index is 12.3. The van der Waals surface area contributed by atoms with E-state index in [1.807, 2.05) is 36.1 Å². The van der Waals surface area contributed by atoms with Gasteiger partial charge in [0.15, 0.2) is 6.61 Å². The molecule has 1 aromatic carbocycles. The van der Waals surface area contributed by atoms with E-state index in [4.69, 9.17) is 4.74 Å². The number of carbonyl (C=O) groups excluding carboxylic acids is 1. The summed E-state index contributed by atoms with van der Waals surface area (Å²) in [5, 5.41) is 3.46. The minimum atomic E-state index is 0.115. The number of benzene rings is 1. The summed E-state index contributed by atoms with van der Waals surface area (Å²) < 4.78 is 5.63. The molecule has 0 aromatic heterocycles. The van der Waals surface area contributed by atoms with Gasteiger partial charge in [0.25, 0.3) is 5.91 Å². The van der Waals surface area contributed by atoms with Crippen LogP contribution in [0.3, 0.4) is 0 Å². The molecule has 21 heavy (non-hydrogen) atoms. The quantitative estimate of drug-likeness (QED) is 0.922. The number of hydrogen-bond donors (Lipinski definition) is 1. The lowest BCUT2D eigenvalue weighted by molar-refractivity contribution is -0.133. The third-order valence-corrected chi connectivity index (χ3v) is 4.72. The Hall–Kier alpha value is -1.55. The molecular formula is C17H24N2O2. The van der Waals surface area contributed by atoms with Crippen molar-refractivity contribution in [3.63, 3.8) is 0 Å². The van der Waals surface area contributed by atoms with E-state index in [1.54, 1.807) is 0 Å². The number of likely N-dealkylation sites (tertiary alicyclic amines) is 1. The predicted octanol–water partition coefficient (Wildman–Crippen LogP) is 1.83. The van der Waals surface area contributed by atoms with Gasteiger partial charge in [-0.15, -0.1) is 0 Å². The number of carbonyl (C=O) groups is 1. The first-order chi connectivity index (χ1) is 10.2. The van der Waals surface area contributed by atoms with E-state index >= 15 is 0 Å². The standard InChI is InChI=1S/C17H24N2O2/c1-13-3-2-4-16(9-13)21-12-17(20)19-7-5-14-10-18-11-15(14)6-8-19/h2-4,9,14-15,18H,5-8,10-12H2,1H3/t14-,15+. The van der Waals surface area contributed by atoms with Crippen LogP contribution in [0.25, 0.3) is 0 Å². The van der Waals surface area contributed by atoms with Gasteiger partial charge in [0, 0.05) is 13.1 Å². The fraction of sp³-hybridized carbons (Fsp3) is 0.588. The highest BCUT2D eigenvalue weighted by atomic mass is 16.5. The molecule has 1 aromatic rings. The average molecular weight is 288 g/mol. The number of nitrogens with zero attached hydrogens (tertiary/aromatic N) is 1. The second-order valence-corrected chi connectivity index (χ2v) is 6.24. The summed E-state index contributed by atoms with van der Waals surface area (Å²) >= 11 is 0. The molecular weight excluding hydrogens is 264 g/mol. The summed E-state index contributed by atoms with van der Waals surface area (Å²) in [7, 11) is 0. The van der Waals surface area contributed by atoms with Crippen molar-refractivity contribution in [2.24, 2.45) is 11.8 Å². The highest BCUT2D eigenvalue weighted by Gasteiger charge is 2.31. The lowest BCUT2D eigenvalue weighted by Crippen LogP contribution is -2.36. The summed E-state index contributed by atoms with van der Waals surface area (Å²) in [6.45, 7) is 6.16. The Bertz CT molecular complexity index is 489. The van der Waals surface area contributed by atoms with Gasteiger partial charge in [-0.05, 0) is 62.4 Å². The summed E-state index contributed by atoms with van der Waals surface area (Å²) in [6, 6.07) is 7.84. The molecule has 114 valence electrons. The second kappa shape index (κ2) is 6.48. The van der Waals surface area contributed by atoms with Crippen LogP contribution in [0.5, 0.6) is 5.75 Å². The number of nitrogens with one attached hydrogen (secondary N) is 1. The number of amides is 1. The van der Waals surface area contributed by atoms with Crippen LogP contribution in [0, 0.1) is 18.8 Å². The Morgan fingerprint density at radius 2 is 2.00 bits per heavy atom. The van der Waals surface area contributed by atoms with Gasteiger partial charge in [-0.3, -0.25) is 4.79 Å². The highest BCUT2D eigenvalue weighted by molar-refractivity contribution is 5.77. The first-order valence-corrected chi connectivity index (χ1v) is 7.90. The predicted molar refractivity (Wildman–Crippen MR) is 82.3 cm³/mol. The van der Waals surface area contributed by atoms with Gasteiger partial charge in [0.2, 0.25) is 0 Å². The number of hydrogen-bond acceptors (Lipinski definition) is 3. The van der Waals surface area contributed by atoms with Crippen LogP contribution in [0.15, 0.2) is 24.3 Å². The van der Waals surface area contributed by atoms with E-state index in [0.717, 1.165) is 62.2 Å². The van der Waals surface area contributed by atoms with Gasteiger partial charge in [-0.25, -0.2) is 0 Å². The molecule has 4 heteroatoms. The van der Waals surface area contributed by atoms with E-state index in [1.165, 1.54) is 0 Å². The van der Waals surface area contributed by atoms with Crippen molar-refractivity contribution in [2.75, 3.05) is 32.8 Å². The molecule has 2 aliphatic heterocycles. The molecule has 0 aliphatic carbocycles. The van der Waals surface area contributed by atoms with Crippen molar-refractivity contribution in [3.8, 4) is 5.75 Å². The van der Waals surface area contributed by atoms with Crippen molar-refractivity contribution in [2.45, 2.75) is 19.8 Å². The van der Waals surface area contributed by atoms with Crippen LogP contribution >= 0.6 is 0 Å². The summed E-state index contributed by atoms with van der Waals surface area (Å²) in [5.74, 6) is 2.39. The molecule has 2 aliphatic rings. The molecule has 1 amide bonds. The Morgan fingerprint density at radius 1 is 1.29 bits per heavy atom. The molecule has 0 unspecified atom stereocenters. The third-order valence-electron chi connectivity index (χ3n) is 4.72. The zero-order chi connectivity index (χ0) is 14.7. The van der Waals surface area contributed by atoms with Gasteiger partial charge < -0.3 is 15.0 Å². The van der Waals surface area contributed by atoms with Crippen molar-refractivity contribution >= 4 is 5.91 Å². The molecule has 0 spiro atoms. The van der Waals surface area contributed by atoms with Crippen molar-refractivity contribution < 1.29 is 9.53 Å². The molecule has 2 heterocycles. The molecule has 0 saturated carbocycles. The SMILES string of the molecule is Cc1cccc(OCC(=O)N2CC[C@@H]3CNC[C@@H]3CC2)c1. The van der Waals surface area contributed by atoms with Gasteiger partial charge >= 0.3 is 0 Å². The molecule has 0 radical (unpaired) electrons. The molecule has 0 bridgehead atoms. The van der Waals surface area contributed by atoms with Gasteiger partial charge in [0.1, 0.15) is 5.75 Å². The number of ether oxygens (including phenoxy) is 1. The molecule has 2 fully saturated rings. The maximum Gasteiger partial charge on any atom is 0.260 e. The van der Waals surface area contributed by atoms with E-state index in [2.05, 4.69) is 5.32 Å². The molecule has 2 saturated heterocycles. The van der Waals surface area contributed by atoms with Crippen LogP contribution in [0.2, 0.25) is 0 Å². The largest absolute Gasteiger partial charge is 0.484 e. The first kappa shape index (κ1) is 14.4. The third kappa shape index (κ3) is 3.56. The summed E-state index contributed by atoms with van der Waals surface area (Å²) in [5.41, 5.74) is 1.15. The van der Waals surface area contributed by atoms with Crippen LogP contribution in [0.4, 0.5) is 0 Å². The zero-order valence-electron chi connectivity index (χ0n) is 12.7. The Labute approximate surface area is 126 Å². The lowest BCUT2D eigenvalue weighted by Gasteiger charge is -2.21. The molecule has 3 rings (SSSR count). The number of rotatable bonds is 3. The van der Waals surface area contributed by atoms with E-state index in [9.17, 15) is 4.79 Å². The number of fused-ring (bicyclic) bond motifs is 1. The minimum absolute atomic E-state index is 0.115. The van der Waals surface area contributed by atoms with Crippen molar-refractivity contribution in [1.82, 2.24) is 10.2 Å². The second-order valence-electron chi connectivity index (χ2n) is 6.24. The molecule has 1 N–H and O–H groups in total. The first-order valence-electron chi connectivity index (χ1n) is 7.90. The van der Waals surface area contributed by atoms with Crippen LogP contribution < -0.4 is 10.1 Å². The summed E-state index contributed by atoms with van der Waals surface area (Å²) in [6.07, 6.45) is 2.24. The monoisotopic (exact) mass is 288 g/mol. The van der Waals surface area contributed by atoms with E-state index < -0.39 is 0 Å². The Kier molecular flexibility index (Phi) is 4.44. The smallest absolute Gasteiger partial charge is 0.260 e. The lowest BCUT2D eigenvalue weighted by atomic mass is 9.92. The van der Waals surface area contributed by atoms with Gasteiger partial charge in [-0.2, -0.15) is 0 Å². The fourth-order valence-electron chi connectivity index (χ4n) is 3.41. The topological polar surface area (TPSA) is 41.6 Å². The van der Waals surface area contributed by atoms with E-state index in [-0.39, 0.29) is 12.5 Å². The Balaban J connectivity index is 1.51. The maximum absolute atomic E-state index is 12.3. The Morgan fingerprint density at radius 3 is 2.67 bits per heavy atom. The fourth-order valence-corrected chi connectivity index (χ4v) is 3.41. The van der Waals surface area contributed by atoms with Crippen LogP contribution in [-0.2, 0) is 4.79 Å². The van der Waals surface area contributed by atoms with E-state index in [0.29, 0.717) is 0 Å². The van der Waals surface area contributed by atoms with Gasteiger partial charge in [0.05, 0.1) is 0 Å². The zero-order valence-corrected chi connectivity index (χ0v) is 12.7. The van der Waals surface area contributed by atoms with Crippen LogP contribution in [-0.4, -0.2) is 43.6 Å². The molecule has 2 atom stereocenters. The van der Waals surface area contributed by atoms with Crippen LogP contribution in [0.1, 0.15) is 18.4 Å². The number of aryl methyl sites for hydroxylation is 1.